The molecule has 3 N–H and O–H groups in total. The number of ether oxygens (including phenoxy) is 4. The van der Waals surface area contributed by atoms with E-state index in [4.69, 9.17) is 36.9 Å². The van der Waals surface area contributed by atoms with Gasteiger partial charge in [-0.05, 0) is 23.8 Å². The molecule has 0 amide bonds. The highest BCUT2D eigenvalue weighted by Crippen LogP contribution is 2.47. The second kappa shape index (κ2) is 7.27. The molecule has 24 heavy (non-hydrogen) atoms. The predicted molar refractivity (Wildman–Crippen MR) is 95.6 cm³/mol. The van der Waals surface area contributed by atoms with Crippen LogP contribution in [0.4, 0.5) is 0 Å². The quantitative estimate of drug-likeness (QED) is 0.776. The molecule has 0 atom stereocenters. The first kappa shape index (κ1) is 17.7. The molecule has 0 aliphatic rings. The van der Waals surface area contributed by atoms with Gasteiger partial charge in [0.2, 0.25) is 5.75 Å². The number of hydrogen-bond donors (Lipinski definition) is 2. The van der Waals surface area contributed by atoms with Gasteiger partial charge in [-0.15, -0.1) is 0 Å². The van der Waals surface area contributed by atoms with Crippen LogP contribution in [-0.4, -0.2) is 38.5 Å². The maximum Gasteiger partial charge on any atom is 0.203 e. The standard InChI is InChI=1S/C17H19NO5S/c1-20-12-6-5-9(7-11(12)19)14-10(17(18)24)8-13(21-2)15(22-3)16(14)23-4/h5-8,19H,1-4H3,(H2,18,24). The Hall–Kier alpha value is -2.67. The molecule has 0 aromatic heterocycles. The lowest BCUT2D eigenvalue weighted by Crippen LogP contribution is -2.12. The monoisotopic (exact) mass is 349 g/mol. The molecule has 2 rings (SSSR count). The first-order valence-corrected chi connectivity index (χ1v) is 7.39. The molecule has 0 saturated carbocycles. The van der Waals surface area contributed by atoms with Gasteiger partial charge in [-0.3, -0.25) is 0 Å². The maximum absolute atomic E-state index is 10.1. The molecule has 128 valence electrons. The summed E-state index contributed by atoms with van der Waals surface area (Å²) in [5.41, 5.74) is 7.67. The average Bonchev–Trinajstić information content (AvgIpc) is 2.59. The van der Waals surface area contributed by atoms with Crippen LogP contribution in [0.1, 0.15) is 5.56 Å². The third kappa shape index (κ3) is 3.03. The Kier molecular flexibility index (Phi) is 5.35. The molecule has 0 saturated heterocycles. The van der Waals surface area contributed by atoms with E-state index < -0.39 is 0 Å². The van der Waals surface area contributed by atoms with Gasteiger partial charge >= 0.3 is 0 Å². The van der Waals surface area contributed by atoms with E-state index in [1.54, 1.807) is 24.3 Å². The summed E-state index contributed by atoms with van der Waals surface area (Å²) >= 11 is 5.16. The Morgan fingerprint density at radius 3 is 2.00 bits per heavy atom. The summed E-state index contributed by atoms with van der Waals surface area (Å²) in [7, 11) is 6.01. The topological polar surface area (TPSA) is 83.2 Å². The molecule has 0 unspecified atom stereocenters. The van der Waals surface area contributed by atoms with Gasteiger partial charge in [0.05, 0.1) is 28.4 Å². The maximum atomic E-state index is 10.1. The van der Waals surface area contributed by atoms with Crippen molar-refractivity contribution in [2.75, 3.05) is 28.4 Å². The Bertz CT molecular complexity index is 776. The lowest BCUT2D eigenvalue weighted by molar-refractivity contribution is 0.325. The Labute approximate surface area is 145 Å². The van der Waals surface area contributed by atoms with E-state index in [1.165, 1.54) is 28.4 Å². The number of hydrogen-bond acceptors (Lipinski definition) is 6. The van der Waals surface area contributed by atoms with E-state index in [9.17, 15) is 5.11 Å². The van der Waals surface area contributed by atoms with E-state index in [0.717, 1.165) is 0 Å². The molecule has 7 heteroatoms. The highest BCUT2D eigenvalue weighted by molar-refractivity contribution is 7.80. The van der Waals surface area contributed by atoms with Crippen molar-refractivity contribution in [2.24, 2.45) is 5.73 Å². The molecule has 0 spiro atoms. The molecule has 0 radical (unpaired) electrons. The second-order valence-corrected chi connectivity index (χ2v) is 5.26. The van der Waals surface area contributed by atoms with Crippen LogP contribution in [0.2, 0.25) is 0 Å². The smallest absolute Gasteiger partial charge is 0.203 e. The summed E-state index contributed by atoms with van der Waals surface area (Å²) < 4.78 is 21.3. The Morgan fingerprint density at radius 1 is 0.917 bits per heavy atom. The fourth-order valence-corrected chi connectivity index (χ4v) is 2.64. The van der Waals surface area contributed by atoms with E-state index in [1.807, 2.05) is 0 Å². The van der Waals surface area contributed by atoms with Crippen molar-refractivity contribution in [2.45, 2.75) is 0 Å². The van der Waals surface area contributed by atoms with Crippen LogP contribution in [-0.2, 0) is 0 Å². The molecule has 2 aromatic rings. The molecule has 6 nitrogen and oxygen atoms in total. The fourth-order valence-electron chi connectivity index (χ4n) is 2.48. The summed E-state index contributed by atoms with van der Waals surface area (Å²) in [4.78, 5) is 0.166. The number of nitrogens with two attached hydrogens (primary N) is 1. The van der Waals surface area contributed by atoms with Crippen molar-refractivity contribution in [3.05, 3.63) is 29.8 Å². The largest absolute Gasteiger partial charge is 0.504 e. The average molecular weight is 349 g/mol. The zero-order valence-corrected chi connectivity index (χ0v) is 14.7. The molecule has 0 bridgehead atoms. The lowest BCUT2D eigenvalue weighted by Gasteiger charge is -2.19. The number of benzene rings is 2. The fraction of sp³-hybridized carbons (Fsp3) is 0.235. The minimum atomic E-state index is -0.0132. The number of rotatable bonds is 6. The van der Waals surface area contributed by atoms with Gasteiger partial charge in [0.15, 0.2) is 23.0 Å². The van der Waals surface area contributed by atoms with Crippen molar-refractivity contribution >= 4 is 17.2 Å². The van der Waals surface area contributed by atoms with Gasteiger partial charge in [0.1, 0.15) is 4.99 Å². The van der Waals surface area contributed by atoms with E-state index in [-0.39, 0.29) is 10.7 Å². The molecule has 0 fully saturated rings. The Balaban J connectivity index is 2.84. The summed E-state index contributed by atoms with van der Waals surface area (Å²) in [6, 6.07) is 6.64. The van der Waals surface area contributed by atoms with Crippen LogP contribution < -0.4 is 24.7 Å². The van der Waals surface area contributed by atoms with Gasteiger partial charge in [-0.2, -0.15) is 0 Å². The normalized spacial score (nSPS) is 10.2. The van der Waals surface area contributed by atoms with Crippen LogP contribution in [0.15, 0.2) is 24.3 Å². The summed E-state index contributed by atoms with van der Waals surface area (Å²) in [6.45, 7) is 0. The van der Waals surface area contributed by atoms with E-state index in [0.29, 0.717) is 39.7 Å². The van der Waals surface area contributed by atoms with Crippen LogP contribution in [0.5, 0.6) is 28.7 Å². The van der Waals surface area contributed by atoms with E-state index in [2.05, 4.69) is 0 Å². The molecule has 0 heterocycles. The zero-order chi connectivity index (χ0) is 17.9. The van der Waals surface area contributed by atoms with Crippen LogP contribution >= 0.6 is 12.2 Å². The summed E-state index contributed by atoms with van der Waals surface area (Å²) in [5.74, 6) is 1.60. The SMILES string of the molecule is COc1ccc(-c2c(C(N)=S)cc(OC)c(OC)c2OC)cc1O. The van der Waals surface area contributed by atoms with Crippen molar-refractivity contribution in [3.63, 3.8) is 0 Å². The van der Waals surface area contributed by atoms with Crippen molar-refractivity contribution in [1.29, 1.82) is 0 Å². The van der Waals surface area contributed by atoms with Gasteiger partial charge in [0.25, 0.3) is 0 Å². The minimum Gasteiger partial charge on any atom is -0.504 e. The first-order chi connectivity index (χ1) is 11.5. The number of methoxy groups -OCH3 is 4. The van der Waals surface area contributed by atoms with Crippen molar-refractivity contribution < 1.29 is 24.1 Å². The molecule has 2 aromatic carbocycles. The summed E-state index contributed by atoms with van der Waals surface area (Å²) in [6.07, 6.45) is 0. The Morgan fingerprint density at radius 2 is 1.54 bits per heavy atom. The van der Waals surface area contributed by atoms with Crippen LogP contribution in [0.3, 0.4) is 0 Å². The number of thiocarbonyl (C=S) groups is 1. The molecular formula is C17H19NO5S. The summed E-state index contributed by atoms with van der Waals surface area (Å²) in [5, 5.41) is 10.1. The number of aromatic hydroxyl groups is 1. The van der Waals surface area contributed by atoms with Crippen LogP contribution in [0, 0.1) is 0 Å². The molecular weight excluding hydrogens is 330 g/mol. The van der Waals surface area contributed by atoms with Crippen molar-refractivity contribution in [1.82, 2.24) is 0 Å². The lowest BCUT2D eigenvalue weighted by atomic mass is 9.96. The van der Waals surface area contributed by atoms with Gasteiger partial charge in [-0.1, -0.05) is 18.3 Å². The number of phenolic OH excluding ortho intramolecular Hbond substituents is 1. The minimum absolute atomic E-state index is 0.0132. The number of phenols is 1. The van der Waals surface area contributed by atoms with Gasteiger partial charge < -0.3 is 29.8 Å². The third-order valence-corrected chi connectivity index (χ3v) is 3.78. The highest BCUT2D eigenvalue weighted by Gasteiger charge is 2.23. The molecule has 0 aliphatic carbocycles. The van der Waals surface area contributed by atoms with Gasteiger partial charge in [0, 0.05) is 11.1 Å². The van der Waals surface area contributed by atoms with E-state index >= 15 is 0 Å². The molecule has 0 aliphatic heterocycles. The zero-order valence-electron chi connectivity index (χ0n) is 13.9. The van der Waals surface area contributed by atoms with Gasteiger partial charge in [-0.25, -0.2) is 0 Å². The highest BCUT2D eigenvalue weighted by atomic mass is 32.1. The van der Waals surface area contributed by atoms with Crippen LogP contribution in [0.25, 0.3) is 11.1 Å². The van der Waals surface area contributed by atoms with Crippen molar-refractivity contribution in [3.8, 4) is 39.9 Å². The predicted octanol–water partition coefficient (Wildman–Crippen LogP) is 2.73. The second-order valence-electron chi connectivity index (χ2n) is 4.82. The first-order valence-electron chi connectivity index (χ1n) is 6.98. The third-order valence-electron chi connectivity index (χ3n) is 3.56.